The van der Waals surface area contributed by atoms with Gasteiger partial charge in [-0.05, 0) is 78.8 Å². The molecule has 5 heteroatoms. The summed E-state index contributed by atoms with van der Waals surface area (Å²) in [5.74, 6) is 1.80. The molecule has 2 aliphatic rings. The zero-order valence-electron chi connectivity index (χ0n) is 19.7. The van der Waals surface area contributed by atoms with Gasteiger partial charge in [-0.25, -0.2) is 0 Å². The first kappa shape index (κ1) is 28.3. The van der Waals surface area contributed by atoms with Crippen LogP contribution in [0.15, 0.2) is 0 Å². The lowest BCUT2D eigenvalue weighted by Crippen LogP contribution is -2.38. The zero-order valence-corrected chi connectivity index (χ0v) is 19.7. The molecule has 2 rings (SSSR count). The Labute approximate surface area is 169 Å². The van der Waals surface area contributed by atoms with Gasteiger partial charge >= 0.3 is 0 Å². The predicted octanol–water partition coefficient (Wildman–Crippen LogP) is 3.78. The van der Waals surface area contributed by atoms with Gasteiger partial charge in [0.15, 0.2) is 0 Å². The average Bonchev–Trinajstić information content (AvgIpc) is 2.66. The number of hydrogen-bond donors (Lipinski definition) is 0. The molecular formula is C22H47N3O2. The van der Waals surface area contributed by atoms with Crippen molar-refractivity contribution in [1.29, 1.82) is 0 Å². The predicted molar refractivity (Wildman–Crippen MR) is 117 cm³/mol. The molecule has 0 N–H and O–H groups in total. The fourth-order valence-electron chi connectivity index (χ4n) is 2.76. The van der Waals surface area contributed by atoms with Crippen molar-refractivity contribution >= 4 is 11.7 Å². The quantitative estimate of drug-likeness (QED) is 0.726. The topological polar surface area (TPSA) is 43.9 Å². The van der Waals surface area contributed by atoms with Gasteiger partial charge in [0.1, 0.15) is 5.78 Å². The molecular weight excluding hydrogens is 338 g/mol. The van der Waals surface area contributed by atoms with E-state index in [1.807, 2.05) is 34.9 Å². The van der Waals surface area contributed by atoms with Gasteiger partial charge in [-0.15, -0.1) is 0 Å². The van der Waals surface area contributed by atoms with Gasteiger partial charge in [0.2, 0.25) is 5.91 Å². The first-order valence-corrected chi connectivity index (χ1v) is 10.7. The second-order valence-corrected chi connectivity index (χ2v) is 7.85. The fraction of sp³-hybridized carbons (Fsp3) is 0.909. The van der Waals surface area contributed by atoms with E-state index >= 15 is 0 Å². The van der Waals surface area contributed by atoms with Crippen LogP contribution in [0.25, 0.3) is 0 Å². The minimum Gasteiger partial charge on any atom is -0.349 e. The van der Waals surface area contributed by atoms with Crippen molar-refractivity contribution in [2.24, 2.45) is 11.8 Å². The van der Waals surface area contributed by atoms with Crippen LogP contribution in [0.5, 0.6) is 0 Å². The Morgan fingerprint density at radius 1 is 0.889 bits per heavy atom. The largest absolute Gasteiger partial charge is 0.349 e. The maximum Gasteiger partial charge on any atom is 0.225 e. The molecule has 0 bridgehead atoms. The highest BCUT2D eigenvalue weighted by molar-refractivity contribution is 5.78. The van der Waals surface area contributed by atoms with E-state index < -0.39 is 0 Å². The monoisotopic (exact) mass is 385 g/mol. The fourth-order valence-corrected chi connectivity index (χ4v) is 2.76. The van der Waals surface area contributed by atoms with E-state index in [-0.39, 0.29) is 11.7 Å². The van der Waals surface area contributed by atoms with Gasteiger partial charge in [0.25, 0.3) is 0 Å². The summed E-state index contributed by atoms with van der Waals surface area (Å²) in [4.78, 5) is 27.7. The standard InChI is InChI=1S/C9H18N2O.C7H15N.C4H8O.C2H6/c1-10(2)9(12)8-4-6-11(3)7-5-8;1-7-3-5-8(2)6-4-7;1-3-4(2)5;1-2/h8H,4-7H2,1-3H3;7H,3-6H2,1-2H3;3H2,1-2H3;1-2H3. The van der Waals surface area contributed by atoms with Gasteiger partial charge in [-0.3, -0.25) is 4.79 Å². The van der Waals surface area contributed by atoms with E-state index in [1.54, 1.807) is 11.8 Å². The number of ketones is 1. The van der Waals surface area contributed by atoms with Gasteiger partial charge in [-0.2, -0.15) is 0 Å². The number of carbonyl (C=O) groups is 2. The van der Waals surface area contributed by atoms with E-state index in [1.165, 1.54) is 25.9 Å². The van der Waals surface area contributed by atoms with Crippen LogP contribution in [0.1, 0.15) is 66.7 Å². The molecule has 2 fully saturated rings. The molecule has 162 valence electrons. The highest BCUT2D eigenvalue weighted by Gasteiger charge is 2.24. The third-order valence-corrected chi connectivity index (χ3v) is 5.01. The summed E-state index contributed by atoms with van der Waals surface area (Å²) in [5.41, 5.74) is 0. The molecule has 0 atom stereocenters. The van der Waals surface area contributed by atoms with Gasteiger partial charge in [0, 0.05) is 26.4 Å². The molecule has 0 radical (unpaired) electrons. The normalized spacial score (nSPS) is 18.7. The summed E-state index contributed by atoms with van der Waals surface area (Å²) in [6.45, 7) is 14.5. The third-order valence-electron chi connectivity index (χ3n) is 5.01. The molecule has 0 unspecified atom stereocenters. The van der Waals surface area contributed by atoms with Crippen molar-refractivity contribution in [3.8, 4) is 0 Å². The van der Waals surface area contributed by atoms with Crippen molar-refractivity contribution in [3.63, 3.8) is 0 Å². The van der Waals surface area contributed by atoms with Crippen LogP contribution in [0, 0.1) is 11.8 Å². The Hall–Kier alpha value is -0.940. The summed E-state index contributed by atoms with van der Waals surface area (Å²) in [6.07, 6.45) is 5.51. The van der Waals surface area contributed by atoms with Crippen molar-refractivity contribution in [1.82, 2.24) is 14.7 Å². The first-order valence-electron chi connectivity index (χ1n) is 10.7. The third kappa shape index (κ3) is 15.8. The zero-order chi connectivity index (χ0) is 21.4. The molecule has 1 amide bonds. The molecule has 0 aromatic heterocycles. The second kappa shape index (κ2) is 17.2. The van der Waals surface area contributed by atoms with Crippen LogP contribution >= 0.6 is 0 Å². The molecule has 0 aliphatic carbocycles. The number of piperidine rings is 2. The molecule has 0 spiro atoms. The minimum absolute atomic E-state index is 0.255. The highest BCUT2D eigenvalue weighted by Crippen LogP contribution is 2.17. The summed E-state index contributed by atoms with van der Waals surface area (Å²) >= 11 is 0. The van der Waals surface area contributed by atoms with Gasteiger partial charge in [-0.1, -0.05) is 27.7 Å². The Morgan fingerprint density at radius 3 is 1.48 bits per heavy atom. The van der Waals surface area contributed by atoms with E-state index in [4.69, 9.17) is 0 Å². The van der Waals surface area contributed by atoms with Crippen LogP contribution in [0.4, 0.5) is 0 Å². The van der Waals surface area contributed by atoms with Crippen LogP contribution in [0.2, 0.25) is 0 Å². The molecule has 0 aromatic carbocycles. The number of rotatable bonds is 2. The number of amides is 1. The Balaban J connectivity index is 0. The number of likely N-dealkylation sites (tertiary alicyclic amines) is 2. The molecule has 2 aliphatic heterocycles. The minimum atomic E-state index is 0.255. The SMILES string of the molecule is CC.CC1CCN(C)CC1.CCC(C)=O.CN1CCC(C(=O)N(C)C)CC1. The molecule has 5 nitrogen and oxygen atoms in total. The van der Waals surface area contributed by atoms with E-state index in [2.05, 4.69) is 30.8 Å². The molecule has 0 saturated carbocycles. The molecule has 2 saturated heterocycles. The number of hydrogen-bond acceptors (Lipinski definition) is 4. The lowest BCUT2D eigenvalue weighted by atomic mass is 9.96. The van der Waals surface area contributed by atoms with E-state index in [0.717, 1.165) is 31.8 Å². The van der Waals surface area contributed by atoms with E-state index in [9.17, 15) is 9.59 Å². The first-order chi connectivity index (χ1) is 12.7. The van der Waals surface area contributed by atoms with Crippen molar-refractivity contribution in [3.05, 3.63) is 0 Å². The second-order valence-electron chi connectivity index (χ2n) is 7.85. The summed E-state index contributed by atoms with van der Waals surface area (Å²) in [7, 11) is 7.98. The summed E-state index contributed by atoms with van der Waals surface area (Å²) < 4.78 is 0. The number of carbonyl (C=O) groups excluding carboxylic acids is 2. The highest BCUT2D eigenvalue weighted by atomic mass is 16.2. The molecule has 0 aromatic rings. The van der Waals surface area contributed by atoms with Gasteiger partial charge in [0.05, 0.1) is 0 Å². The number of Topliss-reactive ketones (excluding diaryl/α,β-unsaturated/α-hetero) is 1. The van der Waals surface area contributed by atoms with Crippen LogP contribution in [-0.2, 0) is 9.59 Å². The van der Waals surface area contributed by atoms with Gasteiger partial charge < -0.3 is 19.5 Å². The lowest BCUT2D eigenvalue weighted by Gasteiger charge is -2.29. The van der Waals surface area contributed by atoms with Crippen LogP contribution < -0.4 is 0 Å². The van der Waals surface area contributed by atoms with E-state index in [0.29, 0.717) is 12.3 Å². The van der Waals surface area contributed by atoms with Crippen LogP contribution in [-0.4, -0.2) is 80.8 Å². The summed E-state index contributed by atoms with van der Waals surface area (Å²) in [6, 6.07) is 0. The maximum atomic E-state index is 11.5. The Morgan fingerprint density at radius 2 is 1.22 bits per heavy atom. The lowest BCUT2D eigenvalue weighted by molar-refractivity contribution is -0.134. The van der Waals surface area contributed by atoms with Crippen molar-refractivity contribution in [2.45, 2.75) is 66.7 Å². The Bertz CT molecular complexity index is 360. The molecule has 2 heterocycles. The van der Waals surface area contributed by atoms with Crippen LogP contribution in [0.3, 0.4) is 0 Å². The smallest absolute Gasteiger partial charge is 0.225 e. The molecule has 27 heavy (non-hydrogen) atoms. The average molecular weight is 386 g/mol. The maximum absolute atomic E-state index is 11.5. The van der Waals surface area contributed by atoms with Crippen molar-refractivity contribution in [2.75, 3.05) is 54.4 Å². The number of nitrogens with zero attached hydrogens (tertiary/aromatic N) is 3. The van der Waals surface area contributed by atoms with Crippen molar-refractivity contribution < 1.29 is 9.59 Å². The summed E-state index contributed by atoms with van der Waals surface area (Å²) in [5, 5.41) is 0. The Kier molecular flexibility index (Phi) is 18.0.